The molecule has 0 amide bonds. The fourth-order valence-electron chi connectivity index (χ4n) is 6.03. The van der Waals surface area contributed by atoms with Gasteiger partial charge in [-0.05, 0) is 49.6 Å². The highest BCUT2D eigenvalue weighted by atomic mass is 19.4. The second-order valence-electron chi connectivity index (χ2n) is 10.1. The van der Waals surface area contributed by atoms with Crippen molar-refractivity contribution in [2.75, 3.05) is 51.2 Å². The molecular formula is C26H33F4N3O2. The Morgan fingerprint density at radius 2 is 1.86 bits per heavy atom. The second-order valence-corrected chi connectivity index (χ2v) is 10.1. The smallest absolute Gasteiger partial charge is 0.395 e. The molecule has 0 bridgehead atoms. The summed E-state index contributed by atoms with van der Waals surface area (Å²) in [6.45, 7) is 5.14. The summed E-state index contributed by atoms with van der Waals surface area (Å²) in [5.41, 5.74) is 0.578. The molecule has 2 saturated heterocycles. The molecule has 192 valence electrons. The van der Waals surface area contributed by atoms with Crippen LogP contribution < -0.4 is 5.32 Å². The van der Waals surface area contributed by atoms with Crippen molar-refractivity contribution in [3.8, 4) is 0 Å². The molecule has 35 heavy (non-hydrogen) atoms. The van der Waals surface area contributed by atoms with E-state index in [4.69, 9.17) is 9.84 Å². The first-order valence-electron chi connectivity index (χ1n) is 12.5. The summed E-state index contributed by atoms with van der Waals surface area (Å²) in [7, 11) is 0. The van der Waals surface area contributed by atoms with Gasteiger partial charge in [0.05, 0.1) is 24.4 Å². The number of hydrogen-bond acceptors (Lipinski definition) is 5. The highest BCUT2D eigenvalue weighted by Crippen LogP contribution is 2.49. The third kappa shape index (κ3) is 5.43. The first-order chi connectivity index (χ1) is 16.8. The van der Waals surface area contributed by atoms with E-state index in [2.05, 4.69) is 15.1 Å². The highest BCUT2D eigenvalue weighted by molar-refractivity contribution is 5.58. The summed E-state index contributed by atoms with van der Waals surface area (Å²) in [5, 5.41) is 12.6. The number of rotatable bonds is 5. The zero-order valence-corrected chi connectivity index (χ0v) is 19.7. The van der Waals surface area contributed by atoms with Crippen molar-refractivity contribution in [1.82, 2.24) is 9.80 Å². The molecule has 1 aromatic carbocycles. The summed E-state index contributed by atoms with van der Waals surface area (Å²) < 4.78 is 60.7. The minimum atomic E-state index is -4.42. The quantitative estimate of drug-likeness (QED) is 0.594. The maximum absolute atomic E-state index is 13.6. The van der Waals surface area contributed by atoms with Gasteiger partial charge in [0.15, 0.2) is 0 Å². The average Bonchev–Trinajstić information content (AvgIpc) is 2.84. The normalized spacial score (nSPS) is 31.9. The van der Waals surface area contributed by atoms with E-state index in [1.54, 1.807) is 6.08 Å². The van der Waals surface area contributed by atoms with Crippen molar-refractivity contribution in [2.45, 2.75) is 43.7 Å². The van der Waals surface area contributed by atoms with Crippen LogP contribution in [0.25, 0.3) is 0 Å². The van der Waals surface area contributed by atoms with E-state index in [1.165, 1.54) is 18.2 Å². The fraction of sp³-hybridized carbons (Fsp3) is 0.615. The van der Waals surface area contributed by atoms with Gasteiger partial charge in [0.2, 0.25) is 0 Å². The zero-order chi connectivity index (χ0) is 24.6. The number of benzene rings is 1. The molecule has 5 atom stereocenters. The molecule has 5 rings (SSSR count). The maximum Gasteiger partial charge on any atom is 0.416 e. The molecule has 2 fully saturated rings. The molecule has 0 spiro atoms. The number of aliphatic hydroxyl groups is 1. The second kappa shape index (κ2) is 10.2. The van der Waals surface area contributed by atoms with Crippen LogP contribution in [0.4, 0.5) is 23.2 Å². The van der Waals surface area contributed by atoms with Crippen molar-refractivity contribution >= 4 is 5.69 Å². The number of fused-ring (bicyclic) bond motifs is 3. The number of allylic oxidation sites excluding steroid dienone is 3. The molecule has 0 radical (unpaired) electrons. The van der Waals surface area contributed by atoms with E-state index in [1.807, 2.05) is 6.08 Å². The molecule has 3 heterocycles. The lowest BCUT2D eigenvalue weighted by Gasteiger charge is -2.48. The molecule has 3 aliphatic heterocycles. The van der Waals surface area contributed by atoms with E-state index in [-0.39, 0.29) is 36.4 Å². The lowest BCUT2D eigenvalue weighted by atomic mass is 9.72. The number of ether oxygens (including phenoxy) is 1. The van der Waals surface area contributed by atoms with Gasteiger partial charge in [0.1, 0.15) is 5.83 Å². The predicted octanol–water partition coefficient (Wildman–Crippen LogP) is 4.38. The molecule has 0 saturated carbocycles. The Bertz CT molecular complexity index is 958. The van der Waals surface area contributed by atoms with Crippen molar-refractivity contribution < 1.29 is 27.4 Å². The van der Waals surface area contributed by atoms with Crippen molar-refractivity contribution in [1.29, 1.82) is 0 Å². The number of nitrogens with zero attached hydrogens (tertiary/aromatic N) is 2. The minimum Gasteiger partial charge on any atom is -0.395 e. The average molecular weight is 496 g/mol. The van der Waals surface area contributed by atoms with E-state index >= 15 is 0 Å². The summed E-state index contributed by atoms with van der Waals surface area (Å²) in [4.78, 5) is 4.58. The molecule has 1 aliphatic carbocycles. The fourth-order valence-corrected chi connectivity index (χ4v) is 6.03. The van der Waals surface area contributed by atoms with Gasteiger partial charge in [-0.2, -0.15) is 13.2 Å². The summed E-state index contributed by atoms with van der Waals surface area (Å²) in [6, 6.07) is 3.83. The van der Waals surface area contributed by atoms with Crippen molar-refractivity contribution in [3.05, 3.63) is 53.4 Å². The Kier molecular flexibility index (Phi) is 7.21. The summed E-state index contributed by atoms with van der Waals surface area (Å²) in [5.74, 6) is -0.187. The van der Waals surface area contributed by atoms with Gasteiger partial charge in [-0.3, -0.25) is 9.80 Å². The number of aliphatic hydroxyl groups excluding tert-OH is 1. The summed E-state index contributed by atoms with van der Waals surface area (Å²) in [6.07, 6.45) is 2.26. The predicted molar refractivity (Wildman–Crippen MR) is 126 cm³/mol. The van der Waals surface area contributed by atoms with E-state index in [0.717, 1.165) is 51.6 Å². The lowest BCUT2D eigenvalue weighted by molar-refractivity contribution is -0.138. The number of hydrogen-bond donors (Lipinski definition) is 2. The van der Waals surface area contributed by atoms with Crippen LogP contribution in [0, 0.1) is 11.8 Å². The van der Waals surface area contributed by atoms with E-state index < -0.39 is 17.8 Å². The number of β-amino-alcohol motifs (C(OH)–C–C–N with tert-alkyl or cyclic N) is 1. The van der Waals surface area contributed by atoms with E-state index in [9.17, 15) is 17.6 Å². The Hall–Kier alpha value is -1.94. The van der Waals surface area contributed by atoms with Gasteiger partial charge in [-0.25, -0.2) is 4.39 Å². The topological polar surface area (TPSA) is 48.0 Å². The molecular weight excluding hydrogens is 462 g/mol. The van der Waals surface area contributed by atoms with Gasteiger partial charge in [0.25, 0.3) is 0 Å². The monoisotopic (exact) mass is 495 g/mol. The Labute approximate surface area is 203 Å². The van der Waals surface area contributed by atoms with Crippen LogP contribution in [0.2, 0.25) is 0 Å². The van der Waals surface area contributed by atoms with Gasteiger partial charge in [-0.1, -0.05) is 6.08 Å². The van der Waals surface area contributed by atoms with Crippen LogP contribution >= 0.6 is 0 Å². The molecule has 9 heteroatoms. The zero-order valence-electron chi connectivity index (χ0n) is 19.7. The van der Waals surface area contributed by atoms with Crippen molar-refractivity contribution in [3.63, 3.8) is 0 Å². The van der Waals surface area contributed by atoms with Crippen LogP contribution in [-0.2, 0) is 10.9 Å². The number of halogens is 4. The maximum atomic E-state index is 13.6. The first-order valence-corrected chi connectivity index (χ1v) is 12.5. The molecule has 4 aliphatic rings. The van der Waals surface area contributed by atoms with Gasteiger partial charge in [-0.15, -0.1) is 0 Å². The van der Waals surface area contributed by atoms with Crippen LogP contribution in [0.5, 0.6) is 0 Å². The number of alkyl halides is 3. The van der Waals surface area contributed by atoms with Crippen LogP contribution in [0.3, 0.4) is 0 Å². The van der Waals surface area contributed by atoms with Gasteiger partial charge in [0, 0.05) is 68.4 Å². The minimum absolute atomic E-state index is 0.00727. The number of nitrogens with one attached hydrogen (secondary N) is 1. The third-order valence-electron chi connectivity index (χ3n) is 7.91. The van der Waals surface area contributed by atoms with Gasteiger partial charge >= 0.3 is 6.18 Å². The molecule has 2 N–H and O–H groups in total. The molecule has 5 nitrogen and oxygen atoms in total. The Morgan fingerprint density at radius 1 is 1.09 bits per heavy atom. The Morgan fingerprint density at radius 3 is 2.54 bits per heavy atom. The van der Waals surface area contributed by atoms with E-state index in [0.29, 0.717) is 24.2 Å². The largest absolute Gasteiger partial charge is 0.416 e. The molecule has 0 aromatic heterocycles. The third-order valence-corrected chi connectivity index (χ3v) is 7.91. The highest BCUT2D eigenvalue weighted by Gasteiger charge is 2.45. The molecule has 1 aromatic rings. The van der Waals surface area contributed by atoms with Crippen LogP contribution in [0.15, 0.2) is 42.3 Å². The SMILES string of the molecule is OCCN1CCN(C[C@H]2CC[C@@H]3[C@H](O2)c2cc(C(F)(F)F)ccc2N[C@H]3C2C=CC(F)=CC2)CC1. The van der Waals surface area contributed by atoms with Gasteiger partial charge < -0.3 is 15.2 Å². The standard InChI is InChI=1S/C26H33F4N3O2/c27-19-4-1-17(2-5-19)24-21-7-6-20(16-33-11-9-32(10-12-33)13-14-34)35-25(21)22-15-18(26(28,29)30)3-8-23(22)31-24/h1,3-5,8,15,17,20-21,24-25,31,34H,2,6-7,9-14,16H2/t17?,20-,21+,24+,25+/m1/s1. The van der Waals surface area contributed by atoms with Crippen molar-refractivity contribution in [2.24, 2.45) is 11.8 Å². The Balaban J connectivity index is 1.35. The molecule has 1 unspecified atom stereocenters. The van der Waals surface area contributed by atoms with Crippen LogP contribution in [0.1, 0.15) is 36.5 Å². The summed E-state index contributed by atoms with van der Waals surface area (Å²) >= 11 is 0. The van der Waals surface area contributed by atoms with Crippen LogP contribution in [-0.4, -0.2) is 72.9 Å². The lowest BCUT2D eigenvalue weighted by Crippen LogP contribution is -2.52. The first kappa shape index (κ1) is 24.7. The number of anilines is 1. The number of piperazine rings is 1.